The molecule has 1 N–H and O–H groups in total. The van der Waals surface area contributed by atoms with Crippen LogP contribution in [0.4, 0.5) is 4.79 Å². The van der Waals surface area contributed by atoms with E-state index in [1.807, 2.05) is 20.8 Å². The quantitative estimate of drug-likeness (QED) is 0.918. The Morgan fingerprint density at radius 1 is 1.35 bits per heavy atom. The molecule has 0 bridgehead atoms. The van der Waals surface area contributed by atoms with Crippen molar-refractivity contribution < 1.29 is 19.1 Å². The lowest BCUT2D eigenvalue weighted by Gasteiger charge is -2.24. The SMILES string of the molecule is CNC(=O)c1ccc(OC2CCN(C(=O)OC(C)(C)C)C2)cn1. The van der Waals surface area contributed by atoms with Gasteiger partial charge >= 0.3 is 6.09 Å². The number of hydrogen-bond donors (Lipinski definition) is 1. The van der Waals surface area contributed by atoms with E-state index < -0.39 is 5.60 Å². The molecule has 7 heteroatoms. The standard InChI is InChI=1S/C16H23N3O4/c1-16(2,3)23-15(21)19-8-7-12(10-19)22-11-5-6-13(18-9-11)14(20)17-4/h5-6,9,12H,7-8,10H2,1-4H3,(H,17,20). The van der Waals surface area contributed by atoms with Crippen molar-refractivity contribution in [2.75, 3.05) is 20.1 Å². The van der Waals surface area contributed by atoms with Gasteiger partial charge in [0.25, 0.3) is 5.91 Å². The third kappa shape index (κ3) is 4.84. The molecule has 1 saturated heterocycles. The maximum atomic E-state index is 12.0. The third-order valence-corrected chi connectivity index (χ3v) is 3.30. The number of ether oxygens (including phenoxy) is 2. The first-order valence-corrected chi connectivity index (χ1v) is 7.61. The van der Waals surface area contributed by atoms with Gasteiger partial charge in [0, 0.05) is 20.0 Å². The smallest absolute Gasteiger partial charge is 0.410 e. The Bertz CT molecular complexity index is 566. The predicted octanol–water partition coefficient (Wildman–Crippen LogP) is 1.83. The minimum absolute atomic E-state index is 0.102. The van der Waals surface area contributed by atoms with Gasteiger partial charge in [-0.25, -0.2) is 9.78 Å². The second-order valence-electron chi connectivity index (χ2n) is 6.41. The van der Waals surface area contributed by atoms with Gasteiger partial charge in [-0.1, -0.05) is 0 Å². The minimum Gasteiger partial charge on any atom is -0.487 e. The molecule has 1 atom stereocenters. The number of carbonyl (C=O) groups is 2. The van der Waals surface area contributed by atoms with Gasteiger partial charge in [0.05, 0.1) is 12.7 Å². The maximum absolute atomic E-state index is 12.0. The highest BCUT2D eigenvalue weighted by atomic mass is 16.6. The zero-order chi connectivity index (χ0) is 17.0. The van der Waals surface area contributed by atoms with E-state index in [4.69, 9.17) is 9.47 Å². The molecule has 2 amide bonds. The first-order chi connectivity index (χ1) is 10.8. The lowest BCUT2D eigenvalue weighted by atomic mass is 10.2. The highest BCUT2D eigenvalue weighted by molar-refractivity contribution is 5.91. The fourth-order valence-corrected chi connectivity index (χ4v) is 2.22. The molecule has 0 spiro atoms. The molecular formula is C16H23N3O4. The lowest BCUT2D eigenvalue weighted by Crippen LogP contribution is -2.36. The van der Waals surface area contributed by atoms with Gasteiger partial charge in [0.15, 0.2) is 0 Å². The number of pyridine rings is 1. The number of nitrogens with zero attached hydrogens (tertiary/aromatic N) is 2. The van der Waals surface area contributed by atoms with Gasteiger partial charge in [-0.3, -0.25) is 4.79 Å². The maximum Gasteiger partial charge on any atom is 0.410 e. The van der Waals surface area contributed by atoms with Crippen LogP contribution in [-0.4, -0.2) is 53.7 Å². The van der Waals surface area contributed by atoms with Crippen molar-refractivity contribution in [2.45, 2.75) is 38.9 Å². The molecule has 0 aromatic carbocycles. The molecule has 1 aromatic rings. The van der Waals surface area contributed by atoms with Crippen molar-refractivity contribution in [1.82, 2.24) is 15.2 Å². The topological polar surface area (TPSA) is 80.8 Å². The molecule has 1 unspecified atom stereocenters. The highest BCUT2D eigenvalue weighted by Gasteiger charge is 2.30. The molecule has 1 aliphatic heterocycles. The monoisotopic (exact) mass is 321 g/mol. The van der Waals surface area contributed by atoms with Gasteiger partial charge in [0.1, 0.15) is 23.1 Å². The summed E-state index contributed by atoms with van der Waals surface area (Å²) in [6.45, 7) is 6.60. The van der Waals surface area contributed by atoms with Crippen LogP contribution in [0, 0.1) is 0 Å². The minimum atomic E-state index is -0.504. The summed E-state index contributed by atoms with van der Waals surface area (Å²) in [6, 6.07) is 3.31. The second kappa shape index (κ2) is 6.85. The Balaban J connectivity index is 1.88. The predicted molar refractivity (Wildman–Crippen MR) is 84.5 cm³/mol. The molecule has 1 aromatic heterocycles. The van der Waals surface area contributed by atoms with E-state index in [0.29, 0.717) is 24.5 Å². The molecule has 23 heavy (non-hydrogen) atoms. The molecule has 0 aliphatic carbocycles. The van der Waals surface area contributed by atoms with Crippen LogP contribution in [0.3, 0.4) is 0 Å². The van der Waals surface area contributed by atoms with Crippen LogP contribution < -0.4 is 10.1 Å². The molecule has 126 valence electrons. The van der Waals surface area contributed by atoms with Crippen molar-refractivity contribution in [2.24, 2.45) is 0 Å². The summed E-state index contributed by atoms with van der Waals surface area (Å²) >= 11 is 0. The van der Waals surface area contributed by atoms with Gasteiger partial charge < -0.3 is 19.7 Å². The summed E-state index contributed by atoms with van der Waals surface area (Å²) in [7, 11) is 1.55. The molecule has 0 saturated carbocycles. The highest BCUT2D eigenvalue weighted by Crippen LogP contribution is 2.20. The number of carbonyl (C=O) groups excluding carboxylic acids is 2. The molecular weight excluding hydrogens is 298 g/mol. The van der Waals surface area contributed by atoms with Crippen LogP contribution in [0.25, 0.3) is 0 Å². The van der Waals surface area contributed by atoms with Crippen LogP contribution >= 0.6 is 0 Å². The van der Waals surface area contributed by atoms with E-state index in [1.54, 1.807) is 24.1 Å². The van der Waals surface area contributed by atoms with Gasteiger partial charge in [-0.2, -0.15) is 0 Å². The van der Waals surface area contributed by atoms with E-state index in [-0.39, 0.29) is 18.1 Å². The number of likely N-dealkylation sites (tertiary alicyclic amines) is 1. The number of aromatic nitrogens is 1. The van der Waals surface area contributed by atoms with Crippen molar-refractivity contribution >= 4 is 12.0 Å². The Hall–Kier alpha value is -2.31. The van der Waals surface area contributed by atoms with Crippen LogP contribution in [0.5, 0.6) is 5.75 Å². The summed E-state index contributed by atoms with van der Waals surface area (Å²) in [5, 5.41) is 2.51. The number of hydrogen-bond acceptors (Lipinski definition) is 5. The molecule has 7 nitrogen and oxygen atoms in total. The fraction of sp³-hybridized carbons (Fsp3) is 0.562. The van der Waals surface area contributed by atoms with Crippen LogP contribution in [0.15, 0.2) is 18.3 Å². The van der Waals surface area contributed by atoms with Gasteiger partial charge in [0.2, 0.25) is 0 Å². The molecule has 0 radical (unpaired) electrons. The van der Waals surface area contributed by atoms with Crippen molar-refractivity contribution in [3.8, 4) is 5.75 Å². The molecule has 2 heterocycles. The average molecular weight is 321 g/mol. The first-order valence-electron chi connectivity index (χ1n) is 7.61. The van der Waals surface area contributed by atoms with E-state index in [1.165, 1.54) is 6.20 Å². The number of rotatable bonds is 3. The summed E-state index contributed by atoms with van der Waals surface area (Å²) in [6.07, 6.45) is 1.82. The third-order valence-electron chi connectivity index (χ3n) is 3.30. The van der Waals surface area contributed by atoms with Gasteiger partial charge in [-0.15, -0.1) is 0 Å². The summed E-state index contributed by atoms with van der Waals surface area (Å²) < 4.78 is 11.2. The summed E-state index contributed by atoms with van der Waals surface area (Å²) in [5.41, 5.74) is -0.169. The van der Waals surface area contributed by atoms with E-state index in [0.717, 1.165) is 6.42 Å². The van der Waals surface area contributed by atoms with E-state index >= 15 is 0 Å². The van der Waals surface area contributed by atoms with E-state index in [9.17, 15) is 9.59 Å². The Labute approximate surface area is 136 Å². The van der Waals surface area contributed by atoms with Gasteiger partial charge in [-0.05, 0) is 32.9 Å². The molecule has 1 fully saturated rings. The van der Waals surface area contributed by atoms with Crippen LogP contribution in [0.1, 0.15) is 37.7 Å². The number of amides is 2. The Morgan fingerprint density at radius 2 is 2.09 bits per heavy atom. The largest absolute Gasteiger partial charge is 0.487 e. The fourth-order valence-electron chi connectivity index (χ4n) is 2.22. The number of nitrogens with one attached hydrogen (secondary N) is 1. The first kappa shape index (κ1) is 17.1. The Kier molecular flexibility index (Phi) is 5.08. The molecule has 2 rings (SSSR count). The molecule has 1 aliphatic rings. The summed E-state index contributed by atoms with van der Waals surface area (Å²) in [5.74, 6) is 0.335. The average Bonchev–Trinajstić information content (AvgIpc) is 2.94. The van der Waals surface area contributed by atoms with Crippen LogP contribution in [0.2, 0.25) is 0 Å². The van der Waals surface area contributed by atoms with Crippen molar-refractivity contribution in [1.29, 1.82) is 0 Å². The van der Waals surface area contributed by atoms with Crippen LogP contribution in [-0.2, 0) is 4.74 Å². The van der Waals surface area contributed by atoms with Crippen molar-refractivity contribution in [3.63, 3.8) is 0 Å². The van der Waals surface area contributed by atoms with Crippen molar-refractivity contribution in [3.05, 3.63) is 24.0 Å². The normalized spacial score (nSPS) is 17.7. The Morgan fingerprint density at radius 3 is 2.65 bits per heavy atom. The second-order valence-corrected chi connectivity index (χ2v) is 6.41. The van der Waals surface area contributed by atoms with E-state index in [2.05, 4.69) is 10.3 Å². The zero-order valence-corrected chi connectivity index (χ0v) is 14.0. The summed E-state index contributed by atoms with van der Waals surface area (Å²) in [4.78, 5) is 29.1. The zero-order valence-electron chi connectivity index (χ0n) is 14.0. The lowest BCUT2D eigenvalue weighted by molar-refractivity contribution is 0.0275.